The van der Waals surface area contributed by atoms with Gasteiger partial charge in [0.1, 0.15) is 6.61 Å². The second kappa shape index (κ2) is 6.37. The van der Waals surface area contributed by atoms with Crippen LogP contribution in [0.5, 0.6) is 5.75 Å². The lowest BCUT2D eigenvalue weighted by molar-refractivity contribution is 0.0915. The van der Waals surface area contributed by atoms with Gasteiger partial charge in [0.25, 0.3) is 5.91 Å². The summed E-state index contributed by atoms with van der Waals surface area (Å²) in [6, 6.07) is 5.93. The maximum Gasteiger partial charge on any atom is 0.255 e. The zero-order valence-electron chi connectivity index (χ0n) is 12.7. The molecule has 2 aliphatic rings. The Kier molecular flexibility index (Phi) is 4.32. The van der Waals surface area contributed by atoms with Gasteiger partial charge in [-0.05, 0) is 37.8 Å². The monoisotopic (exact) mass is 288 g/mol. The van der Waals surface area contributed by atoms with Crippen molar-refractivity contribution in [2.75, 3.05) is 18.5 Å². The van der Waals surface area contributed by atoms with Crippen molar-refractivity contribution >= 4 is 11.6 Å². The summed E-state index contributed by atoms with van der Waals surface area (Å²) in [5, 5.41) is 6.44. The Morgan fingerprint density at radius 1 is 1.33 bits per heavy atom. The number of ether oxygens (including phenoxy) is 1. The first-order valence-corrected chi connectivity index (χ1v) is 8.06. The molecule has 114 valence electrons. The summed E-state index contributed by atoms with van der Waals surface area (Å²) in [7, 11) is 0. The Morgan fingerprint density at radius 3 is 2.95 bits per heavy atom. The highest BCUT2D eigenvalue weighted by Gasteiger charge is 2.24. The molecule has 1 heterocycles. The maximum absolute atomic E-state index is 12.6. The SMILES string of the molecule is C[C@@H](NC(=O)c1cccc2c1OCCN2)C1CCCCC1. The molecule has 3 rings (SSSR count). The van der Waals surface area contributed by atoms with Crippen LogP contribution in [0.4, 0.5) is 5.69 Å². The Balaban J connectivity index is 1.70. The molecule has 0 spiro atoms. The fourth-order valence-corrected chi connectivity index (χ4v) is 3.39. The zero-order valence-corrected chi connectivity index (χ0v) is 12.7. The highest BCUT2D eigenvalue weighted by atomic mass is 16.5. The Morgan fingerprint density at radius 2 is 2.14 bits per heavy atom. The lowest BCUT2D eigenvalue weighted by Gasteiger charge is -2.29. The number of nitrogens with one attached hydrogen (secondary N) is 2. The number of hydrogen-bond acceptors (Lipinski definition) is 3. The van der Waals surface area contributed by atoms with Gasteiger partial charge in [0.15, 0.2) is 5.75 Å². The number of fused-ring (bicyclic) bond motifs is 1. The molecular weight excluding hydrogens is 264 g/mol. The van der Waals surface area contributed by atoms with E-state index in [1.807, 2.05) is 18.2 Å². The first kappa shape index (κ1) is 14.2. The van der Waals surface area contributed by atoms with Crippen molar-refractivity contribution in [1.82, 2.24) is 5.32 Å². The minimum absolute atomic E-state index is 0.0198. The summed E-state index contributed by atoms with van der Waals surface area (Å²) in [6.07, 6.45) is 6.37. The molecule has 0 bridgehead atoms. The molecule has 0 aromatic heterocycles. The van der Waals surface area contributed by atoms with Gasteiger partial charge >= 0.3 is 0 Å². The molecule has 0 saturated heterocycles. The molecule has 0 unspecified atom stereocenters. The minimum atomic E-state index is -0.0198. The van der Waals surface area contributed by atoms with E-state index in [2.05, 4.69) is 17.6 Å². The van der Waals surface area contributed by atoms with Gasteiger partial charge in [0, 0.05) is 12.6 Å². The van der Waals surface area contributed by atoms with Crippen molar-refractivity contribution in [2.45, 2.75) is 45.1 Å². The van der Waals surface area contributed by atoms with Crippen LogP contribution < -0.4 is 15.4 Å². The number of benzene rings is 1. The van der Waals surface area contributed by atoms with Crippen LogP contribution in [0, 0.1) is 5.92 Å². The minimum Gasteiger partial charge on any atom is -0.489 e. The standard InChI is InChI=1S/C17H24N2O2/c1-12(13-6-3-2-4-7-13)19-17(20)14-8-5-9-15-16(14)21-11-10-18-15/h5,8-9,12-13,18H,2-4,6-7,10-11H2,1H3,(H,19,20)/t12-/m1/s1. The van der Waals surface area contributed by atoms with Crippen LogP contribution in [-0.2, 0) is 0 Å². The number of hydrogen-bond donors (Lipinski definition) is 2. The summed E-state index contributed by atoms with van der Waals surface area (Å²) < 4.78 is 5.68. The quantitative estimate of drug-likeness (QED) is 0.898. The van der Waals surface area contributed by atoms with Gasteiger partial charge in [-0.25, -0.2) is 0 Å². The summed E-state index contributed by atoms with van der Waals surface area (Å²) in [5.41, 5.74) is 1.56. The average molecular weight is 288 g/mol. The summed E-state index contributed by atoms with van der Waals surface area (Å²) in [5.74, 6) is 1.28. The van der Waals surface area contributed by atoms with Crippen LogP contribution in [0.1, 0.15) is 49.4 Å². The Hall–Kier alpha value is -1.71. The summed E-state index contributed by atoms with van der Waals surface area (Å²) in [4.78, 5) is 12.6. The highest BCUT2D eigenvalue weighted by molar-refractivity contribution is 5.99. The normalized spacial score (nSPS) is 19.9. The summed E-state index contributed by atoms with van der Waals surface area (Å²) in [6.45, 7) is 3.52. The lowest BCUT2D eigenvalue weighted by atomic mass is 9.84. The molecule has 4 heteroatoms. The number of rotatable bonds is 3. The largest absolute Gasteiger partial charge is 0.489 e. The molecule has 0 radical (unpaired) electrons. The smallest absolute Gasteiger partial charge is 0.255 e. The van der Waals surface area contributed by atoms with Crippen molar-refractivity contribution in [2.24, 2.45) is 5.92 Å². The third-order valence-electron chi connectivity index (χ3n) is 4.64. The van der Waals surface area contributed by atoms with Crippen molar-refractivity contribution in [3.63, 3.8) is 0 Å². The van der Waals surface area contributed by atoms with Gasteiger partial charge < -0.3 is 15.4 Å². The fraction of sp³-hybridized carbons (Fsp3) is 0.588. The molecule has 2 N–H and O–H groups in total. The highest BCUT2D eigenvalue weighted by Crippen LogP contribution is 2.32. The Labute approximate surface area is 126 Å². The molecule has 1 aromatic rings. The predicted molar refractivity (Wildman–Crippen MR) is 83.9 cm³/mol. The molecule has 1 atom stereocenters. The van der Waals surface area contributed by atoms with Crippen LogP contribution in [0.15, 0.2) is 18.2 Å². The topological polar surface area (TPSA) is 50.4 Å². The molecule has 1 fully saturated rings. The van der Waals surface area contributed by atoms with Gasteiger partial charge in [-0.3, -0.25) is 4.79 Å². The molecular formula is C17H24N2O2. The first-order chi connectivity index (χ1) is 10.3. The van der Waals surface area contributed by atoms with Crippen LogP contribution in [0.2, 0.25) is 0 Å². The maximum atomic E-state index is 12.6. The van der Waals surface area contributed by atoms with Gasteiger partial charge in [-0.1, -0.05) is 25.3 Å². The van der Waals surface area contributed by atoms with Crippen molar-refractivity contribution < 1.29 is 9.53 Å². The lowest BCUT2D eigenvalue weighted by Crippen LogP contribution is -2.39. The molecule has 1 aromatic carbocycles. The number of para-hydroxylation sites is 1. The van der Waals surface area contributed by atoms with Gasteiger partial charge in [0.05, 0.1) is 11.3 Å². The fourth-order valence-electron chi connectivity index (χ4n) is 3.39. The third-order valence-corrected chi connectivity index (χ3v) is 4.64. The van der Waals surface area contributed by atoms with Crippen LogP contribution in [0.25, 0.3) is 0 Å². The van der Waals surface area contributed by atoms with E-state index in [0.717, 1.165) is 12.2 Å². The number of amides is 1. The molecule has 1 amide bonds. The van der Waals surface area contributed by atoms with Crippen LogP contribution >= 0.6 is 0 Å². The predicted octanol–water partition coefficient (Wildman–Crippen LogP) is 3.19. The van der Waals surface area contributed by atoms with Crippen LogP contribution in [0.3, 0.4) is 0 Å². The number of anilines is 1. The van der Waals surface area contributed by atoms with Crippen molar-refractivity contribution in [1.29, 1.82) is 0 Å². The molecule has 1 aliphatic heterocycles. The van der Waals surface area contributed by atoms with Gasteiger partial charge in [0.2, 0.25) is 0 Å². The van der Waals surface area contributed by atoms with E-state index < -0.39 is 0 Å². The third kappa shape index (κ3) is 3.14. The van der Waals surface area contributed by atoms with Crippen LogP contribution in [-0.4, -0.2) is 25.1 Å². The van der Waals surface area contributed by atoms with E-state index in [-0.39, 0.29) is 11.9 Å². The number of carbonyl (C=O) groups excluding carboxylic acids is 1. The molecule has 1 aliphatic carbocycles. The van der Waals surface area contributed by atoms with E-state index in [4.69, 9.17) is 4.74 Å². The van der Waals surface area contributed by atoms with E-state index in [1.54, 1.807) is 0 Å². The first-order valence-electron chi connectivity index (χ1n) is 8.06. The molecule has 21 heavy (non-hydrogen) atoms. The molecule has 1 saturated carbocycles. The van der Waals surface area contributed by atoms with Gasteiger partial charge in [-0.2, -0.15) is 0 Å². The van der Waals surface area contributed by atoms with Crippen molar-refractivity contribution in [3.05, 3.63) is 23.8 Å². The van der Waals surface area contributed by atoms with Gasteiger partial charge in [-0.15, -0.1) is 0 Å². The molecule has 4 nitrogen and oxygen atoms in total. The van der Waals surface area contributed by atoms with E-state index >= 15 is 0 Å². The second-order valence-electron chi connectivity index (χ2n) is 6.12. The Bertz CT molecular complexity index is 510. The summed E-state index contributed by atoms with van der Waals surface area (Å²) >= 11 is 0. The van der Waals surface area contributed by atoms with Crippen molar-refractivity contribution in [3.8, 4) is 5.75 Å². The van der Waals surface area contributed by atoms with E-state index in [1.165, 1.54) is 32.1 Å². The number of carbonyl (C=O) groups is 1. The van der Waals surface area contributed by atoms with E-state index in [9.17, 15) is 4.79 Å². The second-order valence-corrected chi connectivity index (χ2v) is 6.12. The average Bonchev–Trinajstić information content (AvgIpc) is 2.55. The van der Waals surface area contributed by atoms with E-state index in [0.29, 0.717) is 23.8 Å². The zero-order chi connectivity index (χ0) is 14.7.